The average Bonchev–Trinajstić information content (AvgIpc) is 2.22. The lowest BCUT2D eigenvalue weighted by Gasteiger charge is -2.11. The van der Waals surface area contributed by atoms with Crippen LogP contribution in [0, 0.1) is 12.8 Å². The van der Waals surface area contributed by atoms with Crippen molar-refractivity contribution in [2.45, 2.75) is 27.2 Å². The molecule has 2 rings (SSSR count). The number of phenolic OH excluding ortho intramolecular Hbond substituents is 1. The number of rotatable bonds is 2. The van der Waals surface area contributed by atoms with E-state index in [-0.39, 0.29) is 0 Å². The van der Waals surface area contributed by atoms with Crippen LogP contribution in [0.4, 0.5) is 0 Å². The van der Waals surface area contributed by atoms with Crippen molar-refractivity contribution >= 4 is 10.8 Å². The molecular weight excluding hydrogens is 196 g/mol. The van der Waals surface area contributed by atoms with Crippen LogP contribution >= 0.6 is 0 Å². The Labute approximate surface area is 96.7 Å². The van der Waals surface area contributed by atoms with Crippen molar-refractivity contribution in [1.82, 2.24) is 0 Å². The molecule has 2 aromatic carbocycles. The third kappa shape index (κ3) is 2.04. The SMILES string of the molecule is Cc1ccc2c(CC(C)C)c(O)ccc2c1. The summed E-state index contributed by atoms with van der Waals surface area (Å²) in [5.74, 6) is 0.975. The molecule has 16 heavy (non-hydrogen) atoms. The second kappa shape index (κ2) is 4.17. The molecule has 0 radical (unpaired) electrons. The van der Waals surface area contributed by atoms with Crippen molar-refractivity contribution in [2.24, 2.45) is 5.92 Å². The molecule has 0 saturated carbocycles. The number of benzene rings is 2. The van der Waals surface area contributed by atoms with Crippen LogP contribution in [0.1, 0.15) is 25.0 Å². The minimum atomic E-state index is 0.421. The fourth-order valence-electron chi connectivity index (χ4n) is 2.12. The molecule has 0 amide bonds. The molecule has 0 heterocycles. The van der Waals surface area contributed by atoms with Crippen molar-refractivity contribution in [3.8, 4) is 5.75 Å². The second-order valence-corrected chi connectivity index (χ2v) is 4.89. The van der Waals surface area contributed by atoms with Crippen molar-refractivity contribution < 1.29 is 5.11 Å². The second-order valence-electron chi connectivity index (χ2n) is 4.89. The molecule has 84 valence electrons. The molecule has 0 atom stereocenters. The Hall–Kier alpha value is -1.50. The number of aryl methyl sites for hydroxylation is 1. The summed E-state index contributed by atoms with van der Waals surface area (Å²) in [5.41, 5.74) is 2.33. The first-order valence-corrected chi connectivity index (χ1v) is 5.79. The highest BCUT2D eigenvalue weighted by atomic mass is 16.3. The van der Waals surface area contributed by atoms with Gasteiger partial charge >= 0.3 is 0 Å². The molecule has 0 spiro atoms. The molecule has 0 fully saturated rings. The number of hydrogen-bond donors (Lipinski definition) is 1. The summed E-state index contributed by atoms with van der Waals surface area (Å²) in [6, 6.07) is 10.2. The number of fused-ring (bicyclic) bond motifs is 1. The van der Waals surface area contributed by atoms with Gasteiger partial charge in [0.15, 0.2) is 0 Å². The maximum Gasteiger partial charge on any atom is 0.119 e. The first-order chi connectivity index (χ1) is 7.58. The van der Waals surface area contributed by atoms with Crippen LogP contribution in [-0.2, 0) is 6.42 Å². The predicted octanol–water partition coefficient (Wildman–Crippen LogP) is 4.05. The fourth-order valence-corrected chi connectivity index (χ4v) is 2.12. The van der Waals surface area contributed by atoms with Crippen LogP contribution < -0.4 is 0 Å². The highest BCUT2D eigenvalue weighted by Crippen LogP contribution is 2.29. The lowest BCUT2D eigenvalue weighted by atomic mass is 9.95. The zero-order valence-electron chi connectivity index (χ0n) is 10.1. The Bertz CT molecular complexity index is 512. The molecule has 0 aliphatic rings. The molecule has 1 heteroatoms. The number of phenols is 1. The van der Waals surface area contributed by atoms with E-state index in [1.165, 1.54) is 16.3 Å². The summed E-state index contributed by atoms with van der Waals surface area (Å²) in [5, 5.41) is 12.3. The van der Waals surface area contributed by atoms with E-state index in [1.807, 2.05) is 6.07 Å². The van der Waals surface area contributed by atoms with Gasteiger partial charge in [-0.2, -0.15) is 0 Å². The van der Waals surface area contributed by atoms with Gasteiger partial charge in [-0.15, -0.1) is 0 Å². The summed E-state index contributed by atoms with van der Waals surface area (Å²) in [6.07, 6.45) is 0.923. The molecule has 1 N–H and O–H groups in total. The van der Waals surface area contributed by atoms with Crippen LogP contribution in [0.3, 0.4) is 0 Å². The Morgan fingerprint density at radius 3 is 2.56 bits per heavy atom. The van der Waals surface area contributed by atoms with E-state index in [1.54, 1.807) is 6.07 Å². The normalized spacial score (nSPS) is 11.2. The molecule has 2 aromatic rings. The topological polar surface area (TPSA) is 20.2 Å². The van der Waals surface area contributed by atoms with Gasteiger partial charge < -0.3 is 5.11 Å². The van der Waals surface area contributed by atoms with E-state index in [4.69, 9.17) is 0 Å². The van der Waals surface area contributed by atoms with Gasteiger partial charge in [-0.3, -0.25) is 0 Å². The van der Waals surface area contributed by atoms with Gasteiger partial charge in [0.05, 0.1) is 0 Å². The average molecular weight is 214 g/mol. The van der Waals surface area contributed by atoms with E-state index >= 15 is 0 Å². The first-order valence-electron chi connectivity index (χ1n) is 5.79. The van der Waals surface area contributed by atoms with Gasteiger partial charge in [0.1, 0.15) is 5.75 Å². The van der Waals surface area contributed by atoms with Crippen molar-refractivity contribution in [3.63, 3.8) is 0 Å². The van der Waals surface area contributed by atoms with E-state index in [0.29, 0.717) is 11.7 Å². The number of aromatic hydroxyl groups is 1. The molecule has 0 aliphatic carbocycles. The summed E-state index contributed by atoms with van der Waals surface area (Å²) in [4.78, 5) is 0. The Morgan fingerprint density at radius 1 is 1.12 bits per heavy atom. The molecule has 0 bridgehead atoms. The van der Waals surface area contributed by atoms with Crippen LogP contribution in [0.2, 0.25) is 0 Å². The van der Waals surface area contributed by atoms with Gasteiger partial charge in [-0.25, -0.2) is 0 Å². The molecule has 0 aliphatic heterocycles. The van der Waals surface area contributed by atoms with Crippen LogP contribution in [0.25, 0.3) is 10.8 Å². The highest BCUT2D eigenvalue weighted by Gasteiger charge is 2.08. The standard InChI is InChI=1S/C15H18O/c1-10(2)8-14-13-6-4-11(3)9-12(13)5-7-15(14)16/h4-7,9-10,16H,8H2,1-3H3. The third-order valence-corrected chi connectivity index (χ3v) is 2.87. The minimum absolute atomic E-state index is 0.421. The van der Waals surface area contributed by atoms with Crippen LogP contribution in [0.5, 0.6) is 5.75 Å². The largest absolute Gasteiger partial charge is 0.508 e. The van der Waals surface area contributed by atoms with E-state index in [2.05, 4.69) is 39.0 Å². The Kier molecular flexibility index (Phi) is 2.86. The highest BCUT2D eigenvalue weighted by molar-refractivity contribution is 5.88. The van der Waals surface area contributed by atoms with Crippen molar-refractivity contribution in [3.05, 3.63) is 41.5 Å². The van der Waals surface area contributed by atoms with Gasteiger partial charge in [0.2, 0.25) is 0 Å². The van der Waals surface area contributed by atoms with Crippen molar-refractivity contribution in [1.29, 1.82) is 0 Å². The fraction of sp³-hybridized carbons (Fsp3) is 0.333. The lowest BCUT2D eigenvalue weighted by Crippen LogP contribution is -1.96. The van der Waals surface area contributed by atoms with E-state index in [0.717, 1.165) is 12.0 Å². The predicted molar refractivity (Wildman–Crippen MR) is 68.9 cm³/mol. The maximum absolute atomic E-state index is 9.93. The monoisotopic (exact) mass is 214 g/mol. The van der Waals surface area contributed by atoms with Crippen molar-refractivity contribution in [2.75, 3.05) is 0 Å². The smallest absolute Gasteiger partial charge is 0.119 e. The summed E-state index contributed by atoms with van der Waals surface area (Å²) < 4.78 is 0. The zero-order chi connectivity index (χ0) is 11.7. The molecular formula is C15H18O. The molecule has 1 nitrogen and oxygen atoms in total. The van der Waals surface area contributed by atoms with E-state index in [9.17, 15) is 5.11 Å². The summed E-state index contributed by atoms with van der Waals surface area (Å²) in [7, 11) is 0. The Morgan fingerprint density at radius 2 is 1.88 bits per heavy atom. The minimum Gasteiger partial charge on any atom is -0.508 e. The third-order valence-electron chi connectivity index (χ3n) is 2.87. The lowest BCUT2D eigenvalue weighted by molar-refractivity contribution is 0.464. The number of hydrogen-bond acceptors (Lipinski definition) is 1. The first kappa shape index (κ1) is 11.0. The van der Waals surface area contributed by atoms with Gasteiger partial charge in [0, 0.05) is 5.56 Å². The maximum atomic E-state index is 9.93. The zero-order valence-corrected chi connectivity index (χ0v) is 10.1. The van der Waals surface area contributed by atoms with Gasteiger partial charge in [-0.05, 0) is 36.1 Å². The quantitative estimate of drug-likeness (QED) is 0.799. The van der Waals surface area contributed by atoms with Crippen LogP contribution in [-0.4, -0.2) is 5.11 Å². The summed E-state index contributed by atoms with van der Waals surface area (Å²) >= 11 is 0. The molecule has 0 aromatic heterocycles. The Balaban J connectivity index is 2.64. The molecule has 0 saturated heterocycles. The van der Waals surface area contributed by atoms with E-state index < -0.39 is 0 Å². The van der Waals surface area contributed by atoms with Gasteiger partial charge in [-0.1, -0.05) is 43.7 Å². The molecule has 0 unspecified atom stereocenters. The summed E-state index contributed by atoms with van der Waals surface area (Å²) in [6.45, 7) is 6.44. The van der Waals surface area contributed by atoms with Gasteiger partial charge in [0.25, 0.3) is 0 Å². The van der Waals surface area contributed by atoms with Crippen LogP contribution in [0.15, 0.2) is 30.3 Å².